The highest BCUT2D eigenvalue weighted by molar-refractivity contribution is 5.93. The SMILES string of the molecule is Cl.Cl.Cl.NCCCNCCCCN(CCCN)C(=O)CC(=O)O. The van der Waals surface area contributed by atoms with Crippen LogP contribution in [0, 0.1) is 0 Å². The summed E-state index contributed by atoms with van der Waals surface area (Å²) in [6, 6.07) is 0. The molecule has 0 spiro atoms. The van der Waals surface area contributed by atoms with Gasteiger partial charge in [-0.25, -0.2) is 0 Å². The van der Waals surface area contributed by atoms with Crippen LogP contribution in [0.15, 0.2) is 0 Å². The summed E-state index contributed by atoms with van der Waals surface area (Å²) < 4.78 is 0. The van der Waals surface area contributed by atoms with E-state index in [9.17, 15) is 9.59 Å². The second-order valence-corrected chi connectivity index (χ2v) is 4.69. The molecule has 0 rings (SSSR count). The van der Waals surface area contributed by atoms with E-state index in [0.29, 0.717) is 32.6 Å². The topological polar surface area (TPSA) is 122 Å². The molecule has 0 heterocycles. The van der Waals surface area contributed by atoms with Crippen LogP contribution >= 0.6 is 37.2 Å². The number of carboxylic acid groups (broad SMARTS) is 1. The fourth-order valence-corrected chi connectivity index (χ4v) is 1.79. The van der Waals surface area contributed by atoms with Gasteiger partial charge in [0, 0.05) is 13.1 Å². The maximum atomic E-state index is 11.7. The van der Waals surface area contributed by atoms with Crippen molar-refractivity contribution in [1.29, 1.82) is 0 Å². The van der Waals surface area contributed by atoms with Crippen LogP contribution in [-0.2, 0) is 9.59 Å². The number of rotatable bonds is 13. The normalized spacial score (nSPS) is 9.13. The molecule has 0 unspecified atom stereocenters. The number of amides is 1. The molecule has 0 saturated carbocycles. The summed E-state index contributed by atoms with van der Waals surface area (Å²) in [6.45, 7) is 4.10. The van der Waals surface area contributed by atoms with Gasteiger partial charge in [0.1, 0.15) is 6.42 Å². The van der Waals surface area contributed by atoms with Crippen LogP contribution in [0.4, 0.5) is 0 Å². The first-order valence-corrected chi connectivity index (χ1v) is 7.22. The van der Waals surface area contributed by atoms with E-state index in [0.717, 1.165) is 32.4 Å². The van der Waals surface area contributed by atoms with Crippen LogP contribution in [0.1, 0.15) is 32.1 Å². The fourth-order valence-electron chi connectivity index (χ4n) is 1.79. The van der Waals surface area contributed by atoms with Gasteiger partial charge in [-0.3, -0.25) is 9.59 Å². The Kier molecular flexibility index (Phi) is 28.8. The largest absolute Gasteiger partial charge is 0.481 e. The number of nitrogens with two attached hydrogens (primary N) is 2. The first-order valence-electron chi connectivity index (χ1n) is 7.22. The smallest absolute Gasteiger partial charge is 0.312 e. The zero-order valence-electron chi connectivity index (χ0n) is 13.4. The van der Waals surface area contributed by atoms with E-state index in [1.165, 1.54) is 0 Å². The van der Waals surface area contributed by atoms with Gasteiger partial charge in [0.25, 0.3) is 0 Å². The molecule has 23 heavy (non-hydrogen) atoms. The third-order valence-corrected chi connectivity index (χ3v) is 2.88. The van der Waals surface area contributed by atoms with E-state index >= 15 is 0 Å². The van der Waals surface area contributed by atoms with E-state index < -0.39 is 12.4 Å². The quantitative estimate of drug-likeness (QED) is 0.267. The summed E-state index contributed by atoms with van der Waals surface area (Å²) in [7, 11) is 0. The van der Waals surface area contributed by atoms with Crippen LogP contribution in [0.5, 0.6) is 0 Å². The Labute approximate surface area is 157 Å². The van der Waals surface area contributed by atoms with Crippen molar-refractivity contribution < 1.29 is 14.7 Å². The molecule has 10 heteroatoms. The van der Waals surface area contributed by atoms with Crippen LogP contribution in [0.2, 0.25) is 0 Å². The lowest BCUT2D eigenvalue weighted by atomic mass is 10.2. The van der Waals surface area contributed by atoms with E-state index in [2.05, 4.69) is 5.32 Å². The number of halogens is 3. The second-order valence-electron chi connectivity index (χ2n) is 4.69. The van der Waals surface area contributed by atoms with Crippen molar-refractivity contribution in [3.63, 3.8) is 0 Å². The number of carbonyl (C=O) groups is 2. The lowest BCUT2D eigenvalue weighted by Crippen LogP contribution is -2.35. The molecular weight excluding hydrogens is 367 g/mol. The van der Waals surface area contributed by atoms with E-state index in [4.69, 9.17) is 16.6 Å². The first-order chi connectivity index (χ1) is 9.61. The first kappa shape index (κ1) is 30.6. The second kappa shape index (κ2) is 21.7. The molecule has 0 fully saturated rings. The van der Waals surface area contributed by atoms with Gasteiger partial charge >= 0.3 is 5.97 Å². The molecule has 142 valence electrons. The summed E-state index contributed by atoms with van der Waals surface area (Å²) in [4.78, 5) is 23.9. The standard InChI is InChI=1S/C13H28N4O3.3ClH/c14-5-3-8-16-7-1-2-9-17(10-4-6-15)12(18)11-13(19)20;;;/h16H,1-11,14-15H2,(H,19,20);3*1H. The van der Waals surface area contributed by atoms with Gasteiger partial charge in [-0.15, -0.1) is 37.2 Å². The maximum Gasteiger partial charge on any atom is 0.312 e. The van der Waals surface area contributed by atoms with Crippen LogP contribution in [-0.4, -0.2) is 61.2 Å². The Bertz CT molecular complexity index is 287. The number of carboxylic acids is 1. The summed E-state index contributed by atoms with van der Waals surface area (Å²) in [5.41, 5.74) is 10.8. The molecule has 0 aromatic heterocycles. The van der Waals surface area contributed by atoms with Gasteiger partial charge in [-0.1, -0.05) is 0 Å². The van der Waals surface area contributed by atoms with E-state index in [1.807, 2.05) is 0 Å². The minimum absolute atomic E-state index is 0. The monoisotopic (exact) mass is 396 g/mol. The van der Waals surface area contributed by atoms with Gasteiger partial charge in [0.05, 0.1) is 0 Å². The molecule has 0 saturated heterocycles. The Morgan fingerprint density at radius 1 is 0.870 bits per heavy atom. The Balaban J connectivity index is -0.000000602. The molecule has 0 aliphatic heterocycles. The lowest BCUT2D eigenvalue weighted by Gasteiger charge is -2.21. The molecule has 1 amide bonds. The predicted octanol–water partition coefficient (Wildman–Crippen LogP) is 0.623. The Morgan fingerprint density at radius 3 is 1.91 bits per heavy atom. The predicted molar refractivity (Wildman–Crippen MR) is 100 cm³/mol. The minimum atomic E-state index is -1.09. The average Bonchev–Trinajstić information content (AvgIpc) is 2.40. The fraction of sp³-hybridized carbons (Fsp3) is 0.846. The van der Waals surface area contributed by atoms with E-state index in [1.54, 1.807) is 4.90 Å². The molecule has 0 aromatic rings. The van der Waals surface area contributed by atoms with Gasteiger partial charge in [-0.05, 0) is 51.9 Å². The third-order valence-electron chi connectivity index (χ3n) is 2.88. The average molecular weight is 398 g/mol. The van der Waals surface area contributed by atoms with Crippen molar-refractivity contribution in [3.05, 3.63) is 0 Å². The molecule has 0 atom stereocenters. The van der Waals surface area contributed by atoms with Crippen molar-refractivity contribution in [2.45, 2.75) is 32.1 Å². The number of hydrogen-bond acceptors (Lipinski definition) is 5. The van der Waals surface area contributed by atoms with Gasteiger partial charge < -0.3 is 26.8 Å². The highest BCUT2D eigenvalue weighted by Crippen LogP contribution is 2.00. The summed E-state index contributed by atoms with van der Waals surface area (Å²) in [5, 5.41) is 11.9. The van der Waals surface area contributed by atoms with Crippen LogP contribution in [0.3, 0.4) is 0 Å². The molecule has 7 nitrogen and oxygen atoms in total. The van der Waals surface area contributed by atoms with Crippen molar-refractivity contribution in [1.82, 2.24) is 10.2 Å². The van der Waals surface area contributed by atoms with Crippen molar-refractivity contribution in [2.75, 3.05) is 39.3 Å². The number of nitrogens with one attached hydrogen (secondary N) is 1. The lowest BCUT2D eigenvalue weighted by molar-refractivity contribution is -0.144. The molecule has 0 bridgehead atoms. The Hall–Kier alpha value is -0.310. The summed E-state index contributed by atoms with van der Waals surface area (Å²) in [6.07, 6.45) is 3.01. The summed E-state index contributed by atoms with van der Waals surface area (Å²) >= 11 is 0. The molecule has 0 aromatic carbocycles. The highest BCUT2D eigenvalue weighted by atomic mass is 35.5. The van der Waals surface area contributed by atoms with E-state index in [-0.39, 0.29) is 43.1 Å². The highest BCUT2D eigenvalue weighted by Gasteiger charge is 2.15. The van der Waals surface area contributed by atoms with Crippen molar-refractivity contribution >= 4 is 49.1 Å². The molecular formula is C13H31Cl3N4O3. The third kappa shape index (κ3) is 19.6. The Morgan fingerprint density at radius 2 is 1.39 bits per heavy atom. The maximum absolute atomic E-state index is 11.7. The number of unbranched alkanes of at least 4 members (excludes halogenated alkanes) is 1. The van der Waals surface area contributed by atoms with Crippen LogP contribution in [0.25, 0.3) is 0 Å². The molecule has 0 aliphatic carbocycles. The van der Waals surface area contributed by atoms with Crippen molar-refractivity contribution in [2.24, 2.45) is 11.5 Å². The van der Waals surface area contributed by atoms with Gasteiger partial charge in [0.2, 0.25) is 5.91 Å². The number of nitrogens with zero attached hydrogens (tertiary/aromatic N) is 1. The number of aliphatic carboxylic acids is 1. The number of carbonyl (C=O) groups excluding carboxylic acids is 1. The van der Waals surface area contributed by atoms with Gasteiger partial charge in [0.15, 0.2) is 0 Å². The number of hydrogen-bond donors (Lipinski definition) is 4. The van der Waals surface area contributed by atoms with Crippen LogP contribution < -0.4 is 16.8 Å². The molecule has 0 radical (unpaired) electrons. The minimum Gasteiger partial charge on any atom is -0.481 e. The summed E-state index contributed by atoms with van der Waals surface area (Å²) in [5.74, 6) is -1.42. The zero-order valence-corrected chi connectivity index (χ0v) is 15.8. The van der Waals surface area contributed by atoms with Crippen molar-refractivity contribution in [3.8, 4) is 0 Å². The van der Waals surface area contributed by atoms with Gasteiger partial charge in [-0.2, -0.15) is 0 Å². The molecule has 6 N–H and O–H groups in total. The zero-order chi connectivity index (χ0) is 15.2. The molecule has 0 aliphatic rings.